The lowest BCUT2D eigenvalue weighted by molar-refractivity contribution is -0.133. The molecule has 1 saturated heterocycles. The highest BCUT2D eigenvalue weighted by Crippen LogP contribution is 2.44. The van der Waals surface area contributed by atoms with Gasteiger partial charge in [-0.1, -0.05) is 36.4 Å². The fraction of sp³-hybridized carbons (Fsp3) is 0.267. The molecule has 9 nitrogen and oxygen atoms in total. The summed E-state index contributed by atoms with van der Waals surface area (Å²) in [6.45, 7) is 2.62. The van der Waals surface area contributed by atoms with E-state index in [1.54, 1.807) is 41.3 Å². The number of nitrogens with zero attached hydrogens (tertiary/aromatic N) is 2. The predicted molar refractivity (Wildman–Crippen MR) is 146 cm³/mol. The van der Waals surface area contributed by atoms with Gasteiger partial charge in [0.25, 0.3) is 0 Å². The number of fused-ring (bicyclic) bond motifs is 1. The largest absolute Gasteiger partial charge is 0.507 e. The van der Waals surface area contributed by atoms with Crippen molar-refractivity contribution in [2.24, 2.45) is 0 Å². The normalized spacial score (nSPS) is 14.9. The predicted octanol–water partition coefficient (Wildman–Crippen LogP) is 3.88. The van der Waals surface area contributed by atoms with E-state index in [4.69, 9.17) is 9.15 Å². The molecule has 0 radical (unpaired) electrons. The lowest BCUT2D eigenvalue weighted by atomic mass is 9.85. The van der Waals surface area contributed by atoms with Crippen LogP contribution in [0.2, 0.25) is 0 Å². The Hall–Kier alpha value is -4.50. The third kappa shape index (κ3) is 5.13. The Morgan fingerprint density at radius 1 is 0.949 bits per heavy atom. The van der Waals surface area contributed by atoms with Crippen LogP contribution in [0.5, 0.6) is 23.0 Å². The average molecular weight is 531 g/mol. The van der Waals surface area contributed by atoms with Gasteiger partial charge in [-0.2, -0.15) is 0 Å². The lowest BCUT2D eigenvalue weighted by Crippen LogP contribution is -2.47. The summed E-state index contributed by atoms with van der Waals surface area (Å²) < 4.78 is 11.5. The van der Waals surface area contributed by atoms with Crippen LogP contribution in [0.25, 0.3) is 22.3 Å². The first-order valence-electron chi connectivity index (χ1n) is 12.7. The summed E-state index contributed by atoms with van der Waals surface area (Å²) in [6, 6.07) is 16.1. The second-order valence-electron chi connectivity index (χ2n) is 9.75. The first-order chi connectivity index (χ1) is 18.8. The maximum Gasteiger partial charge on any atom is 0.223 e. The molecule has 3 aromatic carbocycles. The van der Waals surface area contributed by atoms with E-state index in [-0.39, 0.29) is 51.9 Å². The molecule has 1 fully saturated rings. The topological polar surface area (TPSA) is 124 Å². The molecule has 1 atom stereocenters. The summed E-state index contributed by atoms with van der Waals surface area (Å²) in [6.07, 6.45) is -0.0512. The number of ether oxygens (including phenoxy) is 1. The minimum absolute atomic E-state index is 0.0120. The average Bonchev–Trinajstić information content (AvgIpc) is 2.93. The van der Waals surface area contributed by atoms with Gasteiger partial charge in [0.2, 0.25) is 5.91 Å². The van der Waals surface area contributed by atoms with Gasteiger partial charge in [0.1, 0.15) is 28.2 Å². The van der Waals surface area contributed by atoms with Gasteiger partial charge in [-0.25, -0.2) is 0 Å². The molecule has 202 valence electrons. The lowest BCUT2D eigenvalue weighted by Gasteiger charge is -2.33. The van der Waals surface area contributed by atoms with Crippen LogP contribution in [0, 0.1) is 0 Å². The number of methoxy groups -OCH3 is 1. The van der Waals surface area contributed by atoms with Gasteiger partial charge in [-0.05, 0) is 24.7 Å². The van der Waals surface area contributed by atoms with Crippen LogP contribution in [0.4, 0.5) is 0 Å². The van der Waals surface area contributed by atoms with Crippen LogP contribution in [0.15, 0.2) is 69.9 Å². The monoisotopic (exact) mass is 530 g/mol. The number of piperazine rings is 1. The summed E-state index contributed by atoms with van der Waals surface area (Å²) in [5.41, 5.74) is 0.889. The number of aromatic hydroxyl groups is 3. The highest BCUT2D eigenvalue weighted by atomic mass is 16.5. The van der Waals surface area contributed by atoms with Gasteiger partial charge in [0, 0.05) is 61.8 Å². The number of hydrogen-bond donors (Lipinski definition) is 3. The fourth-order valence-electron chi connectivity index (χ4n) is 5.06. The molecule has 1 amide bonds. The number of benzene rings is 3. The van der Waals surface area contributed by atoms with Gasteiger partial charge in [-0.3, -0.25) is 9.59 Å². The van der Waals surface area contributed by atoms with E-state index in [1.807, 2.05) is 13.1 Å². The van der Waals surface area contributed by atoms with E-state index in [9.17, 15) is 24.9 Å². The molecule has 4 aromatic rings. The smallest absolute Gasteiger partial charge is 0.223 e. The first-order valence-corrected chi connectivity index (χ1v) is 12.7. The summed E-state index contributed by atoms with van der Waals surface area (Å²) in [5, 5.41) is 31.9. The van der Waals surface area contributed by atoms with Crippen molar-refractivity contribution in [1.82, 2.24) is 9.80 Å². The molecular formula is C30H30N2O7. The summed E-state index contributed by atoms with van der Waals surface area (Å²) in [7, 11) is 3.42. The maximum absolute atomic E-state index is 13.6. The Labute approximate surface area is 225 Å². The van der Waals surface area contributed by atoms with Gasteiger partial charge in [-0.15, -0.1) is 0 Å². The quantitative estimate of drug-likeness (QED) is 0.343. The molecule has 5 rings (SSSR count). The molecule has 39 heavy (non-hydrogen) atoms. The van der Waals surface area contributed by atoms with Gasteiger partial charge >= 0.3 is 0 Å². The van der Waals surface area contributed by atoms with Crippen LogP contribution in [-0.4, -0.2) is 71.4 Å². The summed E-state index contributed by atoms with van der Waals surface area (Å²) in [4.78, 5) is 30.7. The number of carbonyl (C=O) groups is 1. The Balaban J connectivity index is 1.71. The van der Waals surface area contributed by atoms with Crippen LogP contribution in [0.3, 0.4) is 0 Å². The molecule has 1 aliphatic heterocycles. The number of phenols is 3. The minimum atomic E-state index is -0.788. The van der Waals surface area contributed by atoms with Crippen molar-refractivity contribution >= 4 is 16.9 Å². The Morgan fingerprint density at radius 3 is 2.36 bits per heavy atom. The number of carbonyl (C=O) groups excluding carboxylic acids is 1. The second kappa shape index (κ2) is 10.7. The van der Waals surface area contributed by atoms with E-state index >= 15 is 0 Å². The maximum atomic E-state index is 13.6. The standard InChI is InChI=1S/C30H30N2O7/c1-31-10-12-32(13-11-31)27(37)15-20(19-8-9-21(33)26(14-19)38-2)28-22(34)16-23(35)29-24(36)17-25(39-30(28)29)18-6-4-3-5-7-18/h3-9,14,16-17,20,33-35H,10-13,15H2,1-2H3/t20-/m1/s1. The number of rotatable bonds is 6. The molecular weight excluding hydrogens is 500 g/mol. The van der Waals surface area contributed by atoms with Crippen molar-refractivity contribution in [2.75, 3.05) is 40.3 Å². The van der Waals surface area contributed by atoms with E-state index in [0.717, 1.165) is 19.2 Å². The zero-order chi connectivity index (χ0) is 27.7. The highest BCUT2D eigenvalue weighted by molar-refractivity contribution is 5.91. The molecule has 0 bridgehead atoms. The Bertz CT molecular complexity index is 1570. The van der Waals surface area contributed by atoms with Crippen molar-refractivity contribution in [1.29, 1.82) is 0 Å². The van der Waals surface area contributed by atoms with E-state index in [0.29, 0.717) is 24.2 Å². The molecule has 0 spiro atoms. The summed E-state index contributed by atoms with van der Waals surface area (Å²) >= 11 is 0. The number of amides is 1. The van der Waals surface area contributed by atoms with Gasteiger partial charge in [0.05, 0.1) is 7.11 Å². The van der Waals surface area contributed by atoms with E-state index < -0.39 is 17.1 Å². The van der Waals surface area contributed by atoms with Crippen molar-refractivity contribution < 1.29 is 29.3 Å². The van der Waals surface area contributed by atoms with E-state index in [1.165, 1.54) is 19.2 Å². The Kier molecular flexibility index (Phi) is 7.17. The molecule has 0 saturated carbocycles. The van der Waals surface area contributed by atoms with Crippen LogP contribution < -0.4 is 10.2 Å². The summed E-state index contributed by atoms with van der Waals surface area (Å²) in [5.74, 6) is -1.30. The molecule has 0 unspecified atom stereocenters. The van der Waals surface area contributed by atoms with Crippen molar-refractivity contribution in [3.63, 3.8) is 0 Å². The second-order valence-corrected chi connectivity index (χ2v) is 9.75. The van der Waals surface area contributed by atoms with Crippen molar-refractivity contribution in [2.45, 2.75) is 12.3 Å². The third-order valence-corrected chi connectivity index (χ3v) is 7.25. The minimum Gasteiger partial charge on any atom is -0.507 e. The van der Waals surface area contributed by atoms with Crippen molar-refractivity contribution in [3.8, 4) is 34.3 Å². The molecule has 2 heterocycles. The van der Waals surface area contributed by atoms with Crippen LogP contribution in [-0.2, 0) is 4.79 Å². The SMILES string of the molecule is COc1cc([C@@H](CC(=O)N2CCN(C)CC2)c2c(O)cc(O)c3c(=O)cc(-c4ccccc4)oc23)ccc1O. The molecule has 9 heteroatoms. The fourth-order valence-corrected chi connectivity index (χ4v) is 5.06. The van der Waals surface area contributed by atoms with Gasteiger partial charge in [0.15, 0.2) is 16.9 Å². The molecule has 1 aromatic heterocycles. The molecule has 0 aliphatic carbocycles. The first kappa shape index (κ1) is 26.1. The third-order valence-electron chi connectivity index (χ3n) is 7.25. The number of phenolic OH excluding ortho intramolecular Hbond substituents is 3. The van der Waals surface area contributed by atoms with Gasteiger partial charge < -0.3 is 34.3 Å². The van der Waals surface area contributed by atoms with Crippen LogP contribution in [0.1, 0.15) is 23.5 Å². The number of hydrogen-bond acceptors (Lipinski definition) is 8. The zero-order valence-electron chi connectivity index (χ0n) is 21.8. The molecule has 1 aliphatic rings. The Morgan fingerprint density at radius 2 is 1.67 bits per heavy atom. The van der Waals surface area contributed by atoms with Crippen molar-refractivity contribution in [3.05, 3.63) is 82.0 Å². The van der Waals surface area contributed by atoms with Crippen LogP contribution >= 0.6 is 0 Å². The molecule has 3 N–H and O–H groups in total. The zero-order valence-corrected chi connectivity index (χ0v) is 21.8. The number of likely N-dealkylation sites (N-methyl/N-ethyl adjacent to an activating group) is 1. The highest BCUT2D eigenvalue weighted by Gasteiger charge is 2.30. The van der Waals surface area contributed by atoms with E-state index in [2.05, 4.69) is 4.90 Å².